The molecule has 0 fully saturated rings. The summed E-state index contributed by atoms with van der Waals surface area (Å²) in [5, 5.41) is 14.6. The van der Waals surface area contributed by atoms with E-state index in [1.54, 1.807) is 36.4 Å². The molecular formula is C18H17N4O2+. The molecule has 0 aliphatic carbocycles. The molecule has 0 saturated heterocycles. The van der Waals surface area contributed by atoms with Crippen molar-refractivity contribution >= 4 is 34.0 Å². The normalized spacial score (nSPS) is 10.3. The molecule has 120 valence electrons. The second-order valence-electron chi connectivity index (χ2n) is 5.33. The smallest absolute Gasteiger partial charge is 0.343 e. The predicted octanol–water partition coefficient (Wildman–Crippen LogP) is 0.783. The highest BCUT2D eigenvalue weighted by Crippen LogP contribution is 2.25. The van der Waals surface area contributed by atoms with Gasteiger partial charge in [0.1, 0.15) is 5.75 Å². The van der Waals surface area contributed by atoms with Crippen LogP contribution < -0.4 is 21.8 Å². The van der Waals surface area contributed by atoms with Crippen molar-refractivity contribution in [2.24, 2.45) is 11.5 Å². The molecule has 0 radical (unpaired) electrons. The fraction of sp³-hybridized carbons (Fsp3) is 0. The maximum absolute atomic E-state index is 12.4. The minimum Gasteiger partial charge on any atom is -0.507 e. The van der Waals surface area contributed by atoms with E-state index < -0.39 is 0 Å². The van der Waals surface area contributed by atoms with Crippen molar-refractivity contribution in [1.29, 1.82) is 0 Å². The highest BCUT2D eigenvalue weighted by molar-refractivity contribution is 6.08. The highest BCUT2D eigenvalue weighted by Gasteiger charge is 2.12. The van der Waals surface area contributed by atoms with Crippen molar-refractivity contribution < 1.29 is 14.9 Å². The van der Waals surface area contributed by atoms with Crippen molar-refractivity contribution in [3.63, 3.8) is 0 Å². The summed E-state index contributed by atoms with van der Waals surface area (Å²) in [5.41, 5.74) is 12.3. The summed E-state index contributed by atoms with van der Waals surface area (Å²) in [6.45, 7) is 0. The van der Waals surface area contributed by atoms with Gasteiger partial charge in [-0.3, -0.25) is 16.3 Å². The Bertz CT molecular complexity index is 929. The van der Waals surface area contributed by atoms with Crippen LogP contribution in [-0.4, -0.2) is 17.0 Å². The molecule has 0 heterocycles. The second kappa shape index (κ2) is 6.29. The Morgan fingerprint density at radius 2 is 1.58 bits per heavy atom. The van der Waals surface area contributed by atoms with E-state index in [9.17, 15) is 9.90 Å². The van der Waals surface area contributed by atoms with Crippen LogP contribution in [0.5, 0.6) is 5.75 Å². The molecule has 0 unspecified atom stereocenters. The lowest BCUT2D eigenvalue weighted by atomic mass is 10.1. The number of benzene rings is 3. The molecule has 6 nitrogen and oxygen atoms in total. The Balaban J connectivity index is 1.84. The van der Waals surface area contributed by atoms with Gasteiger partial charge in [0, 0.05) is 5.69 Å². The molecule has 3 aromatic carbocycles. The molecule has 0 aliphatic heterocycles. The Hall–Kier alpha value is -3.54. The minimum atomic E-state index is -0.385. The van der Waals surface area contributed by atoms with Gasteiger partial charge in [-0.2, -0.15) is 0 Å². The van der Waals surface area contributed by atoms with Crippen LogP contribution in [0.4, 0.5) is 11.4 Å². The van der Waals surface area contributed by atoms with Crippen LogP contribution in [-0.2, 0) is 0 Å². The van der Waals surface area contributed by atoms with Gasteiger partial charge >= 0.3 is 5.96 Å². The zero-order valence-corrected chi connectivity index (χ0v) is 12.8. The summed E-state index contributed by atoms with van der Waals surface area (Å²) in [5.74, 6) is -0.355. The van der Waals surface area contributed by atoms with Gasteiger partial charge in [-0.15, -0.1) is 0 Å². The minimum absolute atomic E-state index is 0.0602. The maximum atomic E-state index is 12.4. The van der Waals surface area contributed by atoms with Crippen molar-refractivity contribution in [2.75, 3.05) is 5.32 Å². The van der Waals surface area contributed by atoms with Gasteiger partial charge in [0.25, 0.3) is 5.91 Å². The van der Waals surface area contributed by atoms with Crippen LogP contribution in [0.15, 0.2) is 60.7 Å². The van der Waals surface area contributed by atoms with Crippen LogP contribution >= 0.6 is 0 Å². The number of hydrogen-bond donors (Lipinski definition) is 5. The third-order valence-corrected chi connectivity index (χ3v) is 3.54. The number of carbonyl (C=O) groups is 1. The van der Waals surface area contributed by atoms with E-state index in [-0.39, 0.29) is 23.2 Å². The first kappa shape index (κ1) is 15.4. The molecule has 3 rings (SSSR count). The number of amides is 1. The Morgan fingerprint density at radius 3 is 2.21 bits per heavy atom. The zero-order valence-electron chi connectivity index (χ0n) is 12.8. The molecule has 7 N–H and O–H groups in total. The number of nitrogens with one attached hydrogen (secondary N) is 2. The molecule has 0 spiro atoms. The summed E-state index contributed by atoms with van der Waals surface area (Å²) in [6, 6.07) is 17.7. The van der Waals surface area contributed by atoms with E-state index in [2.05, 4.69) is 10.3 Å². The van der Waals surface area contributed by atoms with Crippen molar-refractivity contribution in [3.05, 3.63) is 66.2 Å². The number of fused-ring (bicyclic) bond motifs is 1. The van der Waals surface area contributed by atoms with Gasteiger partial charge in [-0.05, 0) is 47.2 Å². The van der Waals surface area contributed by atoms with Crippen LogP contribution in [0, 0.1) is 0 Å². The van der Waals surface area contributed by atoms with Crippen molar-refractivity contribution in [2.45, 2.75) is 0 Å². The molecule has 24 heavy (non-hydrogen) atoms. The third kappa shape index (κ3) is 3.27. The van der Waals surface area contributed by atoms with Gasteiger partial charge in [-0.1, -0.05) is 24.3 Å². The van der Waals surface area contributed by atoms with Crippen LogP contribution in [0.2, 0.25) is 0 Å². The molecule has 0 aromatic heterocycles. The van der Waals surface area contributed by atoms with Gasteiger partial charge in [0.2, 0.25) is 0 Å². The number of nitrogens with two attached hydrogens (primary N) is 2. The van der Waals surface area contributed by atoms with Crippen molar-refractivity contribution in [1.82, 2.24) is 0 Å². The number of aromatic hydroxyl groups is 1. The first-order valence-corrected chi connectivity index (χ1v) is 7.31. The molecule has 0 saturated carbocycles. The first-order chi connectivity index (χ1) is 11.5. The quantitative estimate of drug-likeness (QED) is 0.362. The monoisotopic (exact) mass is 321 g/mol. The lowest BCUT2D eigenvalue weighted by Gasteiger charge is -2.08. The lowest BCUT2D eigenvalue weighted by Crippen LogP contribution is -2.72. The predicted molar refractivity (Wildman–Crippen MR) is 94.0 cm³/mol. The summed E-state index contributed by atoms with van der Waals surface area (Å²) in [6.07, 6.45) is 0. The van der Waals surface area contributed by atoms with Crippen LogP contribution in [0.25, 0.3) is 10.8 Å². The number of anilines is 1. The average molecular weight is 321 g/mol. The number of rotatable bonds is 3. The highest BCUT2D eigenvalue weighted by atomic mass is 16.3. The summed E-state index contributed by atoms with van der Waals surface area (Å²) in [4.78, 5) is 15.2. The fourth-order valence-corrected chi connectivity index (χ4v) is 2.41. The molecular weight excluding hydrogens is 304 g/mol. The van der Waals surface area contributed by atoms with E-state index >= 15 is 0 Å². The summed E-state index contributed by atoms with van der Waals surface area (Å²) in [7, 11) is 0. The van der Waals surface area contributed by atoms with E-state index in [0.29, 0.717) is 11.4 Å². The first-order valence-electron chi connectivity index (χ1n) is 7.31. The van der Waals surface area contributed by atoms with Crippen molar-refractivity contribution in [3.8, 4) is 5.75 Å². The average Bonchev–Trinajstić information content (AvgIpc) is 2.55. The maximum Gasteiger partial charge on any atom is 0.343 e. The topological polar surface area (TPSA) is 115 Å². The summed E-state index contributed by atoms with van der Waals surface area (Å²) >= 11 is 0. The van der Waals surface area contributed by atoms with Gasteiger partial charge in [0.05, 0.1) is 11.3 Å². The molecule has 6 heteroatoms. The molecule has 0 aliphatic rings. The van der Waals surface area contributed by atoms with Gasteiger partial charge in [0.15, 0.2) is 0 Å². The van der Waals surface area contributed by atoms with E-state index in [1.165, 1.54) is 0 Å². The van der Waals surface area contributed by atoms with Gasteiger partial charge in [-0.25, -0.2) is 4.99 Å². The third-order valence-electron chi connectivity index (χ3n) is 3.54. The number of phenols is 1. The molecule has 0 atom stereocenters. The van der Waals surface area contributed by atoms with Gasteiger partial charge < -0.3 is 10.4 Å². The zero-order chi connectivity index (χ0) is 17.1. The standard InChI is InChI=1S/C18H16N4O2/c19-18(20)22-14-7-5-13(6-8-14)21-17(24)15-9-11-3-1-2-4-12(11)10-16(15)23/h1-10,23H,(H,21,24)(H4,19,20,22)/p+1. The number of hydrogen-bond acceptors (Lipinski definition) is 2. The molecule has 0 bridgehead atoms. The van der Waals surface area contributed by atoms with E-state index in [0.717, 1.165) is 10.8 Å². The number of carbonyl (C=O) groups excluding carboxylic acids is 1. The van der Waals surface area contributed by atoms with Crippen LogP contribution in [0.3, 0.4) is 0 Å². The number of phenolic OH excluding ortho intramolecular Hbond substituents is 1. The Labute approximate surface area is 138 Å². The molecule has 3 aromatic rings. The SMILES string of the molecule is NC(N)=[NH+]c1ccc(NC(=O)c2cc3ccccc3cc2O)cc1. The summed E-state index contributed by atoms with van der Waals surface area (Å²) < 4.78 is 0. The van der Waals surface area contributed by atoms with E-state index in [4.69, 9.17) is 11.5 Å². The Morgan fingerprint density at radius 1 is 0.958 bits per heavy atom. The second-order valence-corrected chi connectivity index (χ2v) is 5.33. The van der Waals surface area contributed by atoms with E-state index in [1.807, 2.05) is 24.3 Å². The largest absolute Gasteiger partial charge is 0.507 e. The lowest BCUT2D eigenvalue weighted by molar-refractivity contribution is -0.356. The Kier molecular flexibility index (Phi) is 4.03. The fourth-order valence-electron chi connectivity index (χ4n) is 2.41. The number of guanidine groups is 1. The molecule has 1 amide bonds. The van der Waals surface area contributed by atoms with Crippen LogP contribution in [0.1, 0.15) is 10.4 Å².